The van der Waals surface area contributed by atoms with Crippen LogP contribution < -0.4 is 4.90 Å². The lowest BCUT2D eigenvalue weighted by molar-refractivity contribution is 0.153. The molecule has 0 saturated carbocycles. The summed E-state index contributed by atoms with van der Waals surface area (Å²) in [5.74, 6) is -0.173. The molecule has 0 bridgehead atoms. The molecule has 2 aromatic carbocycles. The summed E-state index contributed by atoms with van der Waals surface area (Å²) in [5.41, 5.74) is 1.60. The molecule has 1 N–H and O–H groups in total. The third-order valence-electron chi connectivity index (χ3n) is 5.93. The minimum absolute atomic E-state index is 0.0553. The number of rotatable bonds is 6. The Kier molecular flexibility index (Phi) is 6.50. The molecule has 9 heteroatoms. The second-order valence-electron chi connectivity index (χ2n) is 8.27. The molecule has 7 nitrogen and oxygen atoms in total. The third-order valence-corrected chi connectivity index (χ3v) is 8.89. The predicted molar refractivity (Wildman–Crippen MR) is 125 cm³/mol. The molecule has 2 aromatic rings. The fourth-order valence-corrected chi connectivity index (χ4v) is 6.13. The van der Waals surface area contributed by atoms with E-state index in [-0.39, 0.29) is 10.6 Å². The summed E-state index contributed by atoms with van der Waals surface area (Å²) in [4.78, 5) is 8.82. The van der Waals surface area contributed by atoms with Gasteiger partial charge in [-0.2, -0.15) is 0 Å². The molecule has 168 valence electrons. The maximum Gasteiger partial charge on any atom is 0.246 e. The summed E-state index contributed by atoms with van der Waals surface area (Å²) in [6.45, 7) is 5.98. The molecule has 4 rings (SSSR count). The number of phenols is 1. The number of fused-ring (bicyclic) bond motifs is 2. The van der Waals surface area contributed by atoms with Gasteiger partial charge >= 0.3 is 0 Å². The number of phenolic OH excluding ortho intramolecular Hbond substituents is 1. The van der Waals surface area contributed by atoms with Crippen LogP contribution in [-0.2, 0) is 10.0 Å². The van der Waals surface area contributed by atoms with E-state index in [1.807, 2.05) is 18.2 Å². The van der Waals surface area contributed by atoms with Crippen LogP contribution in [0, 0.1) is 0 Å². The van der Waals surface area contributed by atoms with Crippen molar-refractivity contribution < 1.29 is 13.5 Å². The van der Waals surface area contributed by atoms with Gasteiger partial charge in [-0.05, 0) is 44.3 Å². The van der Waals surface area contributed by atoms with Crippen molar-refractivity contribution in [2.24, 2.45) is 0 Å². The first-order valence-corrected chi connectivity index (χ1v) is 12.8. The van der Waals surface area contributed by atoms with Crippen molar-refractivity contribution in [2.75, 3.05) is 65.3 Å². The second kappa shape index (κ2) is 8.99. The van der Waals surface area contributed by atoms with Crippen molar-refractivity contribution in [3.63, 3.8) is 0 Å². The molecule has 0 amide bonds. The number of anilines is 2. The molecule has 1 fully saturated rings. The Hall–Kier alpha value is -1.78. The summed E-state index contributed by atoms with van der Waals surface area (Å²) in [7, 11) is 1.36. The average Bonchev–Trinajstić information content (AvgIpc) is 2.74. The number of hydrogen-bond acceptors (Lipinski definition) is 7. The second-order valence-corrected chi connectivity index (χ2v) is 11.5. The SMILES string of the molecule is CN1CCN(CCCN2c3ccccc3Sc3ccc(S(=O)(=O)N(C)C)c(O)c32)CC1. The van der Waals surface area contributed by atoms with Crippen molar-refractivity contribution >= 4 is 33.2 Å². The highest BCUT2D eigenvalue weighted by Crippen LogP contribution is 2.53. The topological polar surface area (TPSA) is 67.3 Å². The summed E-state index contributed by atoms with van der Waals surface area (Å²) in [6, 6.07) is 11.4. The monoisotopic (exact) mass is 462 g/mol. The van der Waals surface area contributed by atoms with Gasteiger partial charge in [0.2, 0.25) is 10.0 Å². The Balaban J connectivity index is 1.65. The first kappa shape index (κ1) is 22.4. The van der Waals surface area contributed by atoms with Gasteiger partial charge in [0.15, 0.2) is 5.75 Å². The lowest BCUT2D eigenvalue weighted by atomic mass is 10.2. The van der Waals surface area contributed by atoms with Crippen LogP contribution >= 0.6 is 11.8 Å². The van der Waals surface area contributed by atoms with Gasteiger partial charge in [-0.15, -0.1) is 0 Å². The number of sulfonamides is 1. The third kappa shape index (κ3) is 4.42. The van der Waals surface area contributed by atoms with Crippen LogP contribution in [0.2, 0.25) is 0 Å². The molecule has 0 radical (unpaired) electrons. The maximum atomic E-state index is 12.8. The minimum Gasteiger partial charge on any atom is -0.504 e. The Bertz CT molecular complexity index is 1050. The number of hydrogen-bond donors (Lipinski definition) is 1. The highest BCUT2D eigenvalue weighted by molar-refractivity contribution is 7.99. The highest BCUT2D eigenvalue weighted by Gasteiger charge is 2.31. The molecular weight excluding hydrogens is 432 g/mol. The van der Waals surface area contributed by atoms with Crippen molar-refractivity contribution in [1.82, 2.24) is 14.1 Å². The molecular formula is C22H30N4O3S2. The number of benzene rings is 2. The van der Waals surface area contributed by atoms with E-state index in [2.05, 4.69) is 27.8 Å². The van der Waals surface area contributed by atoms with Gasteiger partial charge in [-0.3, -0.25) is 0 Å². The van der Waals surface area contributed by atoms with Crippen LogP contribution in [0.1, 0.15) is 6.42 Å². The van der Waals surface area contributed by atoms with E-state index < -0.39 is 10.0 Å². The van der Waals surface area contributed by atoms with Crippen molar-refractivity contribution in [1.29, 1.82) is 0 Å². The first-order valence-electron chi connectivity index (χ1n) is 10.5. The molecule has 0 unspecified atom stereocenters. The quantitative estimate of drug-likeness (QED) is 0.708. The number of piperazine rings is 1. The van der Waals surface area contributed by atoms with Crippen LogP contribution in [0.3, 0.4) is 0 Å². The van der Waals surface area contributed by atoms with E-state index in [1.165, 1.54) is 20.2 Å². The minimum atomic E-state index is -3.75. The van der Waals surface area contributed by atoms with Gasteiger partial charge in [0.1, 0.15) is 4.90 Å². The molecule has 2 aliphatic heterocycles. The van der Waals surface area contributed by atoms with Gasteiger partial charge in [0, 0.05) is 56.6 Å². The molecule has 2 aliphatic rings. The Morgan fingerprint density at radius 1 is 1.00 bits per heavy atom. The van der Waals surface area contributed by atoms with E-state index in [4.69, 9.17) is 0 Å². The fourth-order valence-electron chi connectivity index (χ4n) is 4.05. The largest absolute Gasteiger partial charge is 0.504 e. The molecule has 0 atom stereocenters. The number of likely N-dealkylation sites (N-methyl/N-ethyl adjacent to an activating group) is 1. The smallest absolute Gasteiger partial charge is 0.246 e. The summed E-state index contributed by atoms with van der Waals surface area (Å²) in [5, 5.41) is 11.1. The predicted octanol–water partition coefficient (Wildman–Crippen LogP) is 2.88. The van der Waals surface area contributed by atoms with Gasteiger partial charge in [0.05, 0.1) is 11.4 Å². The van der Waals surface area contributed by atoms with Crippen LogP contribution in [-0.4, -0.2) is 88.0 Å². The fraction of sp³-hybridized carbons (Fsp3) is 0.455. The van der Waals surface area contributed by atoms with E-state index in [0.29, 0.717) is 12.2 Å². The number of nitrogens with zero attached hydrogens (tertiary/aromatic N) is 4. The van der Waals surface area contributed by atoms with E-state index >= 15 is 0 Å². The van der Waals surface area contributed by atoms with Crippen molar-refractivity contribution in [3.05, 3.63) is 36.4 Å². The van der Waals surface area contributed by atoms with Crippen LogP contribution in [0.5, 0.6) is 5.75 Å². The zero-order valence-corrected chi connectivity index (χ0v) is 19.9. The zero-order valence-electron chi connectivity index (χ0n) is 18.3. The molecule has 2 heterocycles. The first-order chi connectivity index (χ1) is 14.8. The lowest BCUT2D eigenvalue weighted by Crippen LogP contribution is -2.45. The van der Waals surface area contributed by atoms with Gasteiger partial charge in [-0.25, -0.2) is 12.7 Å². The normalized spacial score (nSPS) is 17.6. The van der Waals surface area contributed by atoms with Gasteiger partial charge in [0.25, 0.3) is 0 Å². The van der Waals surface area contributed by atoms with Crippen LogP contribution in [0.25, 0.3) is 0 Å². The summed E-state index contributed by atoms with van der Waals surface area (Å²) < 4.78 is 26.7. The maximum absolute atomic E-state index is 12.8. The van der Waals surface area contributed by atoms with Gasteiger partial charge in [-0.1, -0.05) is 23.9 Å². The Labute approximate surface area is 189 Å². The molecule has 1 saturated heterocycles. The van der Waals surface area contributed by atoms with Crippen LogP contribution in [0.15, 0.2) is 51.1 Å². The Morgan fingerprint density at radius 2 is 1.71 bits per heavy atom. The summed E-state index contributed by atoms with van der Waals surface area (Å²) in [6.07, 6.45) is 0.923. The van der Waals surface area contributed by atoms with E-state index in [0.717, 1.165) is 58.9 Å². The average molecular weight is 463 g/mol. The summed E-state index contributed by atoms with van der Waals surface area (Å²) >= 11 is 1.56. The van der Waals surface area contributed by atoms with E-state index in [1.54, 1.807) is 17.8 Å². The van der Waals surface area contributed by atoms with E-state index in [9.17, 15) is 13.5 Å². The Morgan fingerprint density at radius 3 is 2.42 bits per heavy atom. The molecule has 31 heavy (non-hydrogen) atoms. The zero-order chi connectivity index (χ0) is 22.2. The molecule has 0 spiro atoms. The van der Waals surface area contributed by atoms with Gasteiger partial charge < -0.3 is 19.8 Å². The lowest BCUT2D eigenvalue weighted by Gasteiger charge is -2.35. The molecule has 0 aliphatic carbocycles. The number of aromatic hydroxyl groups is 1. The van der Waals surface area contributed by atoms with Crippen LogP contribution in [0.4, 0.5) is 11.4 Å². The highest BCUT2D eigenvalue weighted by atomic mass is 32.2. The van der Waals surface area contributed by atoms with Crippen molar-refractivity contribution in [3.8, 4) is 5.75 Å². The van der Waals surface area contributed by atoms with Crippen molar-refractivity contribution in [2.45, 2.75) is 21.1 Å². The molecule has 0 aromatic heterocycles. The number of para-hydroxylation sites is 1. The standard InChI is InChI=1S/C22H30N4O3S2/c1-23(2)31(28,29)20-10-9-19-21(22(20)27)26(17-7-4-5-8-18(17)30-19)12-6-11-25-15-13-24(3)14-16-25/h4-5,7-10,27H,6,11-16H2,1-3H3.